The zero-order chi connectivity index (χ0) is 11.5. The molecule has 1 N–H and O–H groups in total. The molecule has 0 atom stereocenters. The number of hydrogen-bond donors (Lipinski definition) is 1. The molecule has 0 unspecified atom stereocenters. The fraction of sp³-hybridized carbons (Fsp3) is 0.250. The third-order valence-electron chi connectivity index (χ3n) is 1.59. The molecule has 1 aromatic rings. The highest BCUT2D eigenvalue weighted by Gasteiger charge is 2.15. The number of alkyl halides is 1. The summed E-state index contributed by atoms with van der Waals surface area (Å²) in [5.74, 6) is -2.24. The number of nitrogens with one attached hydrogen (secondary N) is 1. The summed E-state index contributed by atoms with van der Waals surface area (Å²) in [6.45, 7) is 0.252. The van der Waals surface area contributed by atoms with E-state index in [1.54, 1.807) is 0 Å². The molecule has 1 aromatic carbocycles. The van der Waals surface area contributed by atoms with Crippen molar-refractivity contribution in [2.24, 2.45) is 0 Å². The summed E-state index contributed by atoms with van der Waals surface area (Å²) in [5.41, 5.74) is 0. The first-order chi connectivity index (χ1) is 6.97. The topological polar surface area (TPSA) is 46.2 Å². The molecule has 3 nitrogen and oxygen atoms in total. The molecule has 0 aliphatic rings. The van der Waals surface area contributed by atoms with Crippen LogP contribution < -0.4 is 4.72 Å². The summed E-state index contributed by atoms with van der Waals surface area (Å²) in [7, 11) is -3.72. The zero-order valence-corrected chi connectivity index (χ0v) is 10.5. The molecule has 0 saturated heterocycles. The Morgan fingerprint density at radius 3 is 2.47 bits per heavy atom. The molecule has 0 aromatic heterocycles. The van der Waals surface area contributed by atoms with E-state index in [1.807, 2.05) is 22.6 Å². The average molecular weight is 347 g/mol. The van der Waals surface area contributed by atoms with E-state index in [1.165, 1.54) is 0 Å². The molecule has 0 spiro atoms. The van der Waals surface area contributed by atoms with Crippen LogP contribution in [0.4, 0.5) is 8.78 Å². The van der Waals surface area contributed by atoms with Crippen molar-refractivity contribution in [3.8, 4) is 0 Å². The SMILES string of the molecule is O=S(=O)(NCCI)c1ccc(F)c(F)c1. The van der Waals surface area contributed by atoms with Crippen molar-refractivity contribution in [3.05, 3.63) is 29.8 Å². The van der Waals surface area contributed by atoms with Crippen molar-refractivity contribution >= 4 is 32.6 Å². The van der Waals surface area contributed by atoms with E-state index in [0.29, 0.717) is 10.5 Å². The van der Waals surface area contributed by atoms with Crippen molar-refractivity contribution in [1.82, 2.24) is 4.72 Å². The van der Waals surface area contributed by atoms with Crippen LogP contribution in [0.25, 0.3) is 0 Å². The van der Waals surface area contributed by atoms with Gasteiger partial charge in [0, 0.05) is 11.0 Å². The standard InChI is InChI=1S/C8H8F2INO2S/c9-7-2-1-6(5-8(7)10)15(13,14)12-4-3-11/h1-2,5,12H,3-4H2. The van der Waals surface area contributed by atoms with Gasteiger partial charge in [0.15, 0.2) is 11.6 Å². The Hall–Kier alpha value is -0.280. The van der Waals surface area contributed by atoms with Crippen molar-refractivity contribution in [2.75, 3.05) is 11.0 Å². The number of sulfonamides is 1. The lowest BCUT2D eigenvalue weighted by molar-refractivity contribution is 0.504. The first-order valence-corrected chi connectivity index (χ1v) is 6.99. The van der Waals surface area contributed by atoms with E-state index in [2.05, 4.69) is 4.72 Å². The fourth-order valence-corrected chi connectivity index (χ4v) is 2.58. The van der Waals surface area contributed by atoms with Gasteiger partial charge in [0.2, 0.25) is 10.0 Å². The van der Waals surface area contributed by atoms with Gasteiger partial charge in [-0.1, -0.05) is 22.6 Å². The first kappa shape index (κ1) is 12.8. The number of rotatable bonds is 4. The quantitative estimate of drug-likeness (QED) is 0.666. The summed E-state index contributed by atoms with van der Waals surface area (Å²) < 4.78 is 51.1. The van der Waals surface area contributed by atoms with Crippen molar-refractivity contribution in [2.45, 2.75) is 4.90 Å². The lowest BCUT2D eigenvalue weighted by Crippen LogP contribution is -2.25. The van der Waals surface area contributed by atoms with Crippen LogP contribution in [0.3, 0.4) is 0 Å². The smallest absolute Gasteiger partial charge is 0.210 e. The van der Waals surface area contributed by atoms with Crippen molar-refractivity contribution in [3.63, 3.8) is 0 Å². The van der Waals surface area contributed by atoms with Gasteiger partial charge in [-0.3, -0.25) is 0 Å². The summed E-state index contributed by atoms with van der Waals surface area (Å²) >= 11 is 2.00. The molecule has 0 bridgehead atoms. The average Bonchev–Trinajstić information content (AvgIpc) is 2.19. The van der Waals surface area contributed by atoms with E-state index in [9.17, 15) is 17.2 Å². The Morgan fingerprint density at radius 2 is 1.93 bits per heavy atom. The van der Waals surface area contributed by atoms with Crippen LogP contribution in [-0.2, 0) is 10.0 Å². The van der Waals surface area contributed by atoms with E-state index in [0.717, 1.165) is 12.1 Å². The Bertz CT molecular complexity index is 450. The maximum atomic E-state index is 12.8. The van der Waals surface area contributed by atoms with Gasteiger partial charge >= 0.3 is 0 Å². The predicted octanol–water partition coefficient (Wildman–Crippen LogP) is 1.68. The highest BCUT2D eigenvalue weighted by molar-refractivity contribution is 14.1. The van der Waals surface area contributed by atoms with Gasteiger partial charge in [0.1, 0.15) is 0 Å². The molecular formula is C8H8F2INO2S. The lowest BCUT2D eigenvalue weighted by atomic mass is 10.3. The maximum Gasteiger partial charge on any atom is 0.240 e. The monoisotopic (exact) mass is 347 g/mol. The molecule has 0 aliphatic carbocycles. The molecule has 0 aliphatic heterocycles. The second-order valence-electron chi connectivity index (χ2n) is 2.66. The first-order valence-electron chi connectivity index (χ1n) is 3.98. The number of halogens is 3. The Morgan fingerprint density at radius 1 is 1.27 bits per heavy atom. The molecule has 0 radical (unpaired) electrons. The van der Waals surface area contributed by atoms with Gasteiger partial charge in [-0.25, -0.2) is 21.9 Å². The van der Waals surface area contributed by atoms with Crippen LogP contribution in [0.5, 0.6) is 0 Å². The minimum atomic E-state index is -3.72. The summed E-state index contributed by atoms with van der Waals surface area (Å²) in [4.78, 5) is -0.272. The van der Waals surface area contributed by atoms with E-state index >= 15 is 0 Å². The molecule has 1 rings (SSSR count). The molecule has 0 amide bonds. The second kappa shape index (κ2) is 5.17. The van der Waals surface area contributed by atoms with Crippen LogP contribution >= 0.6 is 22.6 Å². The Kier molecular flexibility index (Phi) is 4.41. The fourth-order valence-electron chi connectivity index (χ4n) is 0.900. The molecule has 7 heteroatoms. The third kappa shape index (κ3) is 3.35. The number of benzene rings is 1. The van der Waals surface area contributed by atoms with Crippen molar-refractivity contribution in [1.29, 1.82) is 0 Å². The van der Waals surface area contributed by atoms with E-state index < -0.39 is 21.7 Å². The van der Waals surface area contributed by atoms with Crippen LogP contribution in [0.2, 0.25) is 0 Å². The van der Waals surface area contributed by atoms with Gasteiger partial charge in [0.25, 0.3) is 0 Å². The maximum absolute atomic E-state index is 12.8. The minimum absolute atomic E-state index is 0.252. The minimum Gasteiger partial charge on any atom is -0.210 e. The molecule has 0 saturated carbocycles. The normalized spacial score (nSPS) is 11.7. The van der Waals surface area contributed by atoms with Crippen LogP contribution in [-0.4, -0.2) is 19.4 Å². The highest BCUT2D eigenvalue weighted by atomic mass is 127. The molecule has 0 fully saturated rings. The van der Waals surface area contributed by atoms with Crippen LogP contribution in [0.1, 0.15) is 0 Å². The summed E-state index contributed by atoms with van der Waals surface area (Å²) in [6.07, 6.45) is 0. The molecule has 0 heterocycles. The second-order valence-corrected chi connectivity index (χ2v) is 5.51. The Labute approximate surface area is 100 Å². The van der Waals surface area contributed by atoms with Crippen molar-refractivity contribution < 1.29 is 17.2 Å². The Balaban J connectivity index is 3.00. The third-order valence-corrected chi connectivity index (χ3v) is 3.59. The zero-order valence-electron chi connectivity index (χ0n) is 7.50. The molecule has 15 heavy (non-hydrogen) atoms. The van der Waals surface area contributed by atoms with Crippen LogP contribution in [0, 0.1) is 11.6 Å². The van der Waals surface area contributed by atoms with E-state index in [4.69, 9.17) is 0 Å². The summed E-state index contributed by atoms with van der Waals surface area (Å²) in [6, 6.07) is 2.47. The van der Waals surface area contributed by atoms with Gasteiger partial charge in [-0.05, 0) is 18.2 Å². The van der Waals surface area contributed by atoms with Gasteiger partial charge in [0.05, 0.1) is 4.90 Å². The highest BCUT2D eigenvalue weighted by Crippen LogP contribution is 2.13. The number of hydrogen-bond acceptors (Lipinski definition) is 2. The largest absolute Gasteiger partial charge is 0.240 e. The lowest BCUT2D eigenvalue weighted by Gasteiger charge is -2.05. The van der Waals surface area contributed by atoms with Gasteiger partial charge in [-0.2, -0.15) is 0 Å². The van der Waals surface area contributed by atoms with Gasteiger partial charge in [-0.15, -0.1) is 0 Å². The van der Waals surface area contributed by atoms with Crippen LogP contribution in [0.15, 0.2) is 23.1 Å². The molecular weight excluding hydrogens is 339 g/mol. The summed E-state index contributed by atoms with van der Waals surface area (Å²) in [5, 5.41) is 0. The predicted molar refractivity (Wildman–Crippen MR) is 60.4 cm³/mol. The van der Waals surface area contributed by atoms with E-state index in [-0.39, 0.29) is 11.4 Å². The molecule has 84 valence electrons. The van der Waals surface area contributed by atoms with Gasteiger partial charge < -0.3 is 0 Å².